The maximum Gasteiger partial charge on any atom is 0.314 e. The first-order chi connectivity index (χ1) is 21.1. The lowest BCUT2D eigenvalue weighted by Gasteiger charge is -2.29. The Labute approximate surface area is 258 Å². The lowest BCUT2D eigenvalue weighted by Crippen LogP contribution is -2.51. The highest BCUT2D eigenvalue weighted by molar-refractivity contribution is 5.99. The highest BCUT2D eigenvalue weighted by atomic mass is 16.3. The molecule has 11 nitrogen and oxygen atoms in total. The summed E-state index contributed by atoms with van der Waals surface area (Å²) in [6, 6.07) is 18.6. The molecule has 4 rings (SSSR count). The van der Waals surface area contributed by atoms with E-state index in [1.807, 2.05) is 74.5 Å². The number of carbonyl (C=O) groups excluding carboxylic acids is 3. The molecule has 0 aliphatic carbocycles. The molecular weight excluding hydrogens is 560 g/mol. The summed E-state index contributed by atoms with van der Waals surface area (Å²) < 4.78 is 0. The van der Waals surface area contributed by atoms with Gasteiger partial charge in [-0.3, -0.25) is 14.5 Å². The number of aromatic nitrogens is 1. The number of rotatable bonds is 12. The number of nitrogens with one attached hydrogen (secondary N) is 4. The smallest absolute Gasteiger partial charge is 0.314 e. The van der Waals surface area contributed by atoms with Gasteiger partial charge in [-0.15, -0.1) is 0 Å². The second-order valence-electron chi connectivity index (χ2n) is 11.6. The van der Waals surface area contributed by atoms with Crippen molar-refractivity contribution in [1.82, 2.24) is 26.3 Å². The molecule has 1 aliphatic heterocycles. The summed E-state index contributed by atoms with van der Waals surface area (Å²) in [5.41, 5.74) is 4.14. The van der Waals surface area contributed by atoms with E-state index in [0.717, 1.165) is 27.8 Å². The van der Waals surface area contributed by atoms with Gasteiger partial charge < -0.3 is 31.5 Å². The van der Waals surface area contributed by atoms with Crippen LogP contribution in [0.25, 0.3) is 11.1 Å². The fourth-order valence-corrected chi connectivity index (χ4v) is 5.23. The summed E-state index contributed by atoms with van der Waals surface area (Å²) in [5, 5.41) is 30.2. The second kappa shape index (κ2) is 14.9. The van der Waals surface area contributed by atoms with Gasteiger partial charge in [-0.1, -0.05) is 54.6 Å². The highest BCUT2D eigenvalue weighted by Crippen LogP contribution is 2.28. The van der Waals surface area contributed by atoms with Crippen LogP contribution >= 0.6 is 0 Å². The molecule has 0 bridgehead atoms. The third-order valence-corrected chi connectivity index (χ3v) is 7.64. The van der Waals surface area contributed by atoms with E-state index in [-0.39, 0.29) is 44.0 Å². The summed E-state index contributed by atoms with van der Waals surface area (Å²) in [5.74, 6) is 0.0722. The van der Waals surface area contributed by atoms with Crippen molar-refractivity contribution in [2.75, 3.05) is 25.1 Å². The number of anilines is 1. The number of aliphatic hydroxyl groups excluding tert-OH is 2. The Morgan fingerprint density at radius 1 is 1.09 bits per heavy atom. The Bertz CT molecular complexity index is 1440. The molecule has 0 spiro atoms. The van der Waals surface area contributed by atoms with Crippen molar-refractivity contribution in [3.63, 3.8) is 0 Å². The van der Waals surface area contributed by atoms with Crippen molar-refractivity contribution in [1.29, 1.82) is 0 Å². The van der Waals surface area contributed by atoms with Gasteiger partial charge in [0.15, 0.2) is 0 Å². The van der Waals surface area contributed by atoms with Crippen LogP contribution in [-0.4, -0.2) is 70.9 Å². The van der Waals surface area contributed by atoms with Gasteiger partial charge in [-0.05, 0) is 60.6 Å². The molecule has 0 saturated heterocycles. The van der Waals surface area contributed by atoms with Gasteiger partial charge in [0, 0.05) is 38.3 Å². The molecule has 2 atom stereocenters. The summed E-state index contributed by atoms with van der Waals surface area (Å²) in [6.45, 7) is 4.10. The van der Waals surface area contributed by atoms with Gasteiger partial charge in [0.2, 0.25) is 5.91 Å². The van der Waals surface area contributed by atoms with Crippen molar-refractivity contribution in [2.45, 2.75) is 63.9 Å². The van der Waals surface area contributed by atoms with Gasteiger partial charge in [0.25, 0.3) is 5.91 Å². The lowest BCUT2D eigenvalue weighted by atomic mass is 9.98. The van der Waals surface area contributed by atoms with Crippen LogP contribution in [0.5, 0.6) is 0 Å². The van der Waals surface area contributed by atoms with Crippen molar-refractivity contribution >= 4 is 23.7 Å². The largest absolute Gasteiger partial charge is 0.394 e. The maximum absolute atomic E-state index is 13.9. The number of carbonyl (C=O) groups is 3. The van der Waals surface area contributed by atoms with E-state index in [4.69, 9.17) is 5.11 Å². The number of aryl methyl sites for hydroxylation is 1. The van der Waals surface area contributed by atoms with Crippen molar-refractivity contribution in [2.24, 2.45) is 0 Å². The van der Waals surface area contributed by atoms with Gasteiger partial charge in [-0.2, -0.15) is 0 Å². The number of hydrogen-bond acceptors (Lipinski definition) is 7. The van der Waals surface area contributed by atoms with Crippen molar-refractivity contribution in [3.05, 3.63) is 83.6 Å². The van der Waals surface area contributed by atoms with E-state index in [1.165, 1.54) is 0 Å². The third-order valence-electron chi connectivity index (χ3n) is 7.64. The first-order valence-electron chi connectivity index (χ1n) is 14.8. The monoisotopic (exact) mass is 602 g/mol. The molecule has 4 amide bonds. The van der Waals surface area contributed by atoms with E-state index < -0.39 is 17.7 Å². The molecule has 1 aromatic heterocycles. The van der Waals surface area contributed by atoms with Crippen LogP contribution < -0.4 is 26.2 Å². The number of nitrogens with zero attached hydrogens (tertiary/aromatic N) is 2. The first-order valence-corrected chi connectivity index (χ1v) is 14.8. The molecular formula is C33H42N6O5. The number of aliphatic hydroxyl groups is 2. The number of benzene rings is 2. The van der Waals surface area contributed by atoms with Crippen LogP contribution in [-0.2, 0) is 29.1 Å². The number of fused-ring (bicyclic) bond motifs is 1. The normalized spacial score (nSPS) is 15.6. The minimum atomic E-state index is -0.921. The zero-order valence-electron chi connectivity index (χ0n) is 25.5. The van der Waals surface area contributed by atoms with Crippen LogP contribution in [0.2, 0.25) is 0 Å². The van der Waals surface area contributed by atoms with E-state index in [9.17, 15) is 19.5 Å². The molecule has 3 aromatic rings. The summed E-state index contributed by atoms with van der Waals surface area (Å²) in [6.07, 6.45) is 1.86. The summed E-state index contributed by atoms with van der Waals surface area (Å²) >= 11 is 0. The second-order valence-corrected chi connectivity index (χ2v) is 11.6. The number of urea groups is 1. The molecule has 0 fully saturated rings. The zero-order valence-corrected chi connectivity index (χ0v) is 25.5. The number of hydrogen-bond donors (Lipinski definition) is 6. The molecule has 6 N–H and O–H groups in total. The Morgan fingerprint density at radius 3 is 2.57 bits per heavy atom. The predicted octanol–water partition coefficient (Wildman–Crippen LogP) is 2.25. The van der Waals surface area contributed by atoms with Gasteiger partial charge in [0.05, 0.1) is 19.3 Å². The molecule has 44 heavy (non-hydrogen) atoms. The van der Waals surface area contributed by atoms with Crippen LogP contribution in [0.3, 0.4) is 0 Å². The average Bonchev–Trinajstić information content (AvgIpc) is 3.15. The fourth-order valence-electron chi connectivity index (χ4n) is 5.23. The van der Waals surface area contributed by atoms with Gasteiger partial charge >= 0.3 is 6.03 Å². The van der Waals surface area contributed by atoms with E-state index in [2.05, 4.69) is 26.3 Å². The topological polar surface area (TPSA) is 156 Å². The first kappa shape index (κ1) is 32.6. The molecule has 234 valence electrons. The Morgan fingerprint density at radius 2 is 1.84 bits per heavy atom. The molecule has 0 radical (unpaired) electrons. The number of amides is 4. The van der Waals surface area contributed by atoms with E-state index in [1.54, 1.807) is 18.1 Å². The Hall–Kier alpha value is -4.32. The molecule has 0 unspecified atom stereocenters. The lowest BCUT2D eigenvalue weighted by molar-refractivity contribution is -0.128. The minimum absolute atomic E-state index is 0.0850. The maximum atomic E-state index is 13.9. The zero-order chi connectivity index (χ0) is 31.7. The van der Waals surface area contributed by atoms with E-state index >= 15 is 0 Å². The summed E-state index contributed by atoms with van der Waals surface area (Å²) in [7, 11) is 1.58. The van der Waals surface area contributed by atoms with Crippen molar-refractivity contribution in [3.8, 4) is 11.1 Å². The SMILES string of the molecule is CNC(=O)NCc1ccccc1-c1ccc(CN2C(=O)[C@H](NC(=O)CC(C)(C)NC[C@H](O)CO)CCc3cccnc32)cc1. The Balaban J connectivity index is 1.49. The predicted molar refractivity (Wildman–Crippen MR) is 169 cm³/mol. The van der Waals surface area contributed by atoms with Crippen LogP contribution in [0.4, 0.5) is 10.6 Å². The third kappa shape index (κ3) is 8.62. The molecule has 11 heteroatoms. The van der Waals surface area contributed by atoms with Crippen LogP contribution in [0, 0.1) is 0 Å². The number of pyridine rings is 1. The highest BCUT2D eigenvalue weighted by Gasteiger charge is 2.33. The molecule has 1 aliphatic rings. The van der Waals surface area contributed by atoms with E-state index in [0.29, 0.717) is 25.2 Å². The van der Waals surface area contributed by atoms with Crippen molar-refractivity contribution < 1.29 is 24.6 Å². The van der Waals surface area contributed by atoms with Crippen LogP contribution in [0.15, 0.2) is 66.9 Å². The van der Waals surface area contributed by atoms with Gasteiger partial charge in [-0.25, -0.2) is 9.78 Å². The van der Waals surface area contributed by atoms with Gasteiger partial charge in [0.1, 0.15) is 11.9 Å². The quantitative estimate of drug-likeness (QED) is 0.186. The minimum Gasteiger partial charge on any atom is -0.394 e. The molecule has 2 aromatic carbocycles. The Kier molecular flexibility index (Phi) is 11.0. The molecule has 0 saturated carbocycles. The number of β-amino-alcohol motifs (C(OH)–C–C–N with tert-alkyl or cyclic N) is 1. The standard InChI is InChI=1S/C33H42N6O5/c1-33(2,37-19-26(41)21-40)17-29(42)38-28-15-14-24-8-6-16-35-30(24)39(31(28)43)20-22-10-12-23(13-11-22)27-9-5-4-7-25(27)18-36-32(44)34-3/h4-13,16,26,28,37,40-41H,14-15,17-21H2,1-3H3,(H,38,42)(H2,34,36,44)/t26-,28+/m0/s1. The molecule has 2 heterocycles. The fraction of sp³-hybridized carbons (Fsp3) is 0.394. The average molecular weight is 603 g/mol. The van der Waals surface area contributed by atoms with Crippen LogP contribution in [0.1, 0.15) is 43.4 Å². The summed E-state index contributed by atoms with van der Waals surface area (Å²) in [4.78, 5) is 44.9.